The number of nitrogens with one attached hydrogen (secondary N) is 2. The SMILES string of the molecule is Cc1c(-c2ccc(-c3ccc4c(c3)N(C(=O)Nc3nc5ccccc5s3)CCC4)nc2C(=O)O)cnn1CC12CC3(C)CC(C)(C1)CC(OCCNCC#P=O)(C3)C2. The first kappa shape index (κ1) is 38.9. The number of hydrogen-bond donors (Lipinski definition) is 3. The van der Waals surface area contributed by atoms with Gasteiger partial charge in [0.05, 0.1) is 22.1 Å². The number of pyridine rings is 1. The molecule has 0 radical (unpaired) electrons. The Balaban J connectivity index is 0.961. The summed E-state index contributed by atoms with van der Waals surface area (Å²) >= 11 is 1.44. The quantitative estimate of drug-likeness (QED) is 0.0876. The van der Waals surface area contributed by atoms with Crippen LogP contribution in [0.1, 0.15) is 80.5 Å². The summed E-state index contributed by atoms with van der Waals surface area (Å²) in [6.45, 7) is 9.91. The first-order valence-corrected chi connectivity index (χ1v) is 21.7. The van der Waals surface area contributed by atoms with E-state index in [0.29, 0.717) is 42.6 Å². The van der Waals surface area contributed by atoms with Crippen molar-refractivity contribution >= 4 is 52.3 Å². The topological polar surface area (TPSA) is 152 Å². The number of hydrogen-bond acceptors (Lipinski definition) is 9. The molecule has 4 aliphatic carbocycles. The van der Waals surface area contributed by atoms with Gasteiger partial charge in [-0.1, -0.05) is 35.6 Å². The third-order valence-electron chi connectivity index (χ3n) is 12.8. The number of thiazole rings is 1. The van der Waals surface area contributed by atoms with Gasteiger partial charge in [-0.05, 0) is 55.7 Å². The van der Waals surface area contributed by atoms with Gasteiger partial charge in [0.25, 0.3) is 0 Å². The van der Waals surface area contributed by atoms with E-state index < -0.39 is 5.97 Å². The molecule has 2 amide bonds. The number of carboxylic acid groups (broad SMARTS) is 1. The Bertz CT molecular complexity index is 2520. The van der Waals surface area contributed by atoms with Crippen LogP contribution in [0.15, 0.2) is 60.8 Å². The number of fused-ring (bicyclic) bond motifs is 2. The molecule has 4 bridgehead atoms. The van der Waals surface area contributed by atoms with Crippen LogP contribution >= 0.6 is 19.3 Å². The van der Waals surface area contributed by atoms with E-state index in [1.165, 1.54) is 17.8 Å². The van der Waals surface area contributed by atoms with Crippen molar-refractivity contribution in [3.05, 3.63) is 77.7 Å². The van der Waals surface area contributed by atoms with Crippen molar-refractivity contribution in [1.29, 1.82) is 0 Å². The number of para-hydroxylation sites is 1. The molecule has 3 N–H and O–H groups in total. The van der Waals surface area contributed by atoms with E-state index in [1.807, 2.05) is 61.5 Å². The molecule has 4 fully saturated rings. The Morgan fingerprint density at radius 2 is 1.81 bits per heavy atom. The molecule has 5 aliphatic rings. The van der Waals surface area contributed by atoms with Gasteiger partial charge < -0.3 is 5.11 Å². The van der Waals surface area contributed by atoms with E-state index in [1.54, 1.807) is 11.1 Å². The van der Waals surface area contributed by atoms with E-state index in [4.69, 9.17) is 14.8 Å². The predicted molar refractivity (Wildman–Crippen MR) is 226 cm³/mol. The van der Waals surface area contributed by atoms with Crippen LogP contribution in [0, 0.1) is 28.8 Å². The van der Waals surface area contributed by atoms with Gasteiger partial charge in [0.1, 0.15) is 0 Å². The number of rotatable bonds is 11. The van der Waals surface area contributed by atoms with Gasteiger partial charge in [0.2, 0.25) is 0 Å². The summed E-state index contributed by atoms with van der Waals surface area (Å²) in [5.41, 5.74) is 8.98. The minimum absolute atomic E-state index is 0.00603. The molecule has 14 heteroatoms. The fourth-order valence-electron chi connectivity index (χ4n) is 11.9. The van der Waals surface area contributed by atoms with Gasteiger partial charge in [-0.15, -0.1) is 0 Å². The number of aromatic carboxylic acids is 1. The van der Waals surface area contributed by atoms with Crippen molar-refractivity contribution in [2.75, 3.05) is 36.5 Å². The van der Waals surface area contributed by atoms with Gasteiger partial charge >= 0.3 is 156 Å². The number of amides is 2. The maximum atomic E-state index is 13.6. The number of carbonyl (C=O) groups excluding carboxylic acids is 1. The van der Waals surface area contributed by atoms with Crippen molar-refractivity contribution < 1.29 is 24.0 Å². The summed E-state index contributed by atoms with van der Waals surface area (Å²) in [5, 5.41) is 22.2. The average Bonchev–Trinajstić information content (AvgIpc) is 3.75. The van der Waals surface area contributed by atoms with Gasteiger partial charge in [-0.2, -0.15) is 0 Å². The molecule has 4 heterocycles. The second-order valence-corrected chi connectivity index (χ2v) is 19.4. The van der Waals surface area contributed by atoms with Crippen LogP contribution in [-0.2, 0) is 22.3 Å². The van der Waals surface area contributed by atoms with E-state index in [0.717, 1.165) is 89.8 Å². The third-order valence-corrected chi connectivity index (χ3v) is 14.1. The van der Waals surface area contributed by atoms with Crippen LogP contribution in [0.25, 0.3) is 32.6 Å². The zero-order valence-electron chi connectivity index (χ0n) is 33.1. The third kappa shape index (κ3) is 7.32. The number of aromatic nitrogens is 4. The number of aryl methyl sites for hydroxylation is 1. The van der Waals surface area contributed by atoms with Crippen LogP contribution < -0.4 is 15.5 Å². The predicted octanol–water partition coefficient (Wildman–Crippen LogP) is 9.19. The molecule has 3 aromatic heterocycles. The normalized spacial score (nSPS) is 25.7. The van der Waals surface area contributed by atoms with Gasteiger partial charge in [0.15, 0.2) is 10.8 Å². The number of urea groups is 1. The molecule has 4 saturated carbocycles. The number of ether oxygens (including phenoxy) is 1. The van der Waals surface area contributed by atoms with E-state index >= 15 is 0 Å². The molecule has 12 nitrogen and oxygen atoms in total. The molecule has 5 aromatic rings. The molecule has 2 unspecified atom stereocenters. The summed E-state index contributed by atoms with van der Waals surface area (Å²) < 4.78 is 20.6. The Morgan fingerprint density at radius 1 is 1.00 bits per heavy atom. The molecular weight excluding hydrogens is 770 g/mol. The molecule has 2 aromatic carbocycles. The minimum atomic E-state index is -1.11. The van der Waals surface area contributed by atoms with Crippen LogP contribution in [0.4, 0.5) is 15.6 Å². The zero-order chi connectivity index (χ0) is 40.3. The molecule has 0 saturated heterocycles. The maximum absolute atomic E-state index is 13.6. The fraction of sp³-hybridized carbons (Fsp3) is 0.455. The zero-order valence-corrected chi connectivity index (χ0v) is 34.8. The van der Waals surface area contributed by atoms with Gasteiger partial charge in [-0.25, -0.2) is 19.6 Å². The fourth-order valence-corrected chi connectivity index (χ4v) is 12.9. The number of carboxylic acids is 1. The number of anilines is 2. The second-order valence-electron chi connectivity index (χ2n) is 17.9. The molecule has 300 valence electrons. The standard InChI is InChI=1S/C44H48N7O5PS/c1-28-32(20-46-51(28)27-43-22-41(2)21-42(3,23-43)25-44(24-41,26-43)56-17-14-45-15-18-57-55)31-12-13-33(47-37(31)38(52)53)30-11-10-29-7-6-16-50(35(29)19-30)40(54)49-39-48-34-8-4-5-9-36(34)58-39/h4-5,8-13,19-20,45H,6-7,14-17,21-27H2,1-3H3,(H,52,53)(H,48,49,54). The molecule has 1 aliphatic heterocycles. The van der Waals surface area contributed by atoms with Crippen LogP contribution in [0.2, 0.25) is 0 Å². The summed E-state index contributed by atoms with van der Waals surface area (Å²) in [7, 11) is -0.0879. The molecule has 58 heavy (non-hydrogen) atoms. The van der Waals surface area contributed by atoms with Crippen LogP contribution in [0.3, 0.4) is 0 Å². The van der Waals surface area contributed by atoms with Crippen molar-refractivity contribution in [2.24, 2.45) is 16.2 Å². The van der Waals surface area contributed by atoms with E-state index in [9.17, 15) is 19.3 Å². The van der Waals surface area contributed by atoms with Crippen LogP contribution in [-0.4, -0.2) is 68.7 Å². The summed E-state index contributed by atoms with van der Waals surface area (Å²) in [6, 6.07) is 17.2. The Labute approximate surface area is 342 Å². The van der Waals surface area contributed by atoms with Crippen molar-refractivity contribution in [3.63, 3.8) is 0 Å². The van der Waals surface area contributed by atoms with E-state index in [-0.39, 0.29) is 41.5 Å². The summed E-state index contributed by atoms with van der Waals surface area (Å²) in [4.78, 5) is 37.6. The first-order valence-electron chi connectivity index (χ1n) is 20.1. The van der Waals surface area contributed by atoms with Crippen molar-refractivity contribution in [1.82, 2.24) is 25.1 Å². The monoisotopic (exact) mass is 817 g/mol. The average molecular weight is 818 g/mol. The van der Waals surface area contributed by atoms with Gasteiger partial charge in [-0.3, -0.25) is 10.2 Å². The summed E-state index contributed by atoms with van der Waals surface area (Å²) in [6.07, 6.45) is 9.95. The Kier molecular flexibility index (Phi) is 9.96. The first-order chi connectivity index (χ1) is 27.9. The molecule has 2 atom stereocenters. The van der Waals surface area contributed by atoms with Crippen molar-refractivity contribution in [2.45, 2.75) is 84.3 Å². The molecular formula is C44H48N7O5PS. The molecule has 0 spiro atoms. The van der Waals surface area contributed by atoms with Crippen LogP contribution in [0.5, 0.6) is 0 Å². The Morgan fingerprint density at radius 3 is 2.59 bits per heavy atom. The van der Waals surface area contributed by atoms with Gasteiger partial charge in [0, 0.05) is 28.9 Å². The number of carbonyl (C=O) groups is 2. The summed E-state index contributed by atoms with van der Waals surface area (Å²) in [5.74, 6) is -1.11. The van der Waals surface area contributed by atoms with Crippen molar-refractivity contribution in [3.8, 4) is 28.0 Å². The second kappa shape index (κ2) is 14.9. The van der Waals surface area contributed by atoms with E-state index in [2.05, 4.69) is 39.8 Å². The molecule has 10 rings (SSSR count). The number of benzene rings is 2. The Hall–Kier alpha value is -4.64. The number of nitrogens with zero attached hydrogens (tertiary/aromatic N) is 5.